The Balaban J connectivity index is 1.21. The number of halogens is 2. The van der Waals surface area contributed by atoms with Crippen LogP contribution >= 0.6 is 11.6 Å². The zero-order valence-corrected chi connectivity index (χ0v) is 15.7. The van der Waals surface area contributed by atoms with E-state index in [1.165, 1.54) is 12.1 Å². The maximum absolute atomic E-state index is 13.4. The van der Waals surface area contributed by atoms with Crippen molar-refractivity contribution in [3.05, 3.63) is 29.0 Å². The van der Waals surface area contributed by atoms with Crippen LogP contribution in [0.1, 0.15) is 32.1 Å². The number of benzene rings is 1. The van der Waals surface area contributed by atoms with Crippen LogP contribution in [0.15, 0.2) is 18.2 Å². The number of hydrogen-bond acceptors (Lipinski definition) is 4. The maximum Gasteiger partial charge on any atom is 0.258 e. The molecule has 146 valence electrons. The molecule has 0 spiro atoms. The SMILES string of the molecule is O=C(COc1ccc(Cl)c(F)c1)NC12CC(C(=O)NC3CCCNC3)(C1)C2. The van der Waals surface area contributed by atoms with Gasteiger partial charge in [-0.1, -0.05) is 11.6 Å². The van der Waals surface area contributed by atoms with Crippen molar-refractivity contribution < 1.29 is 18.7 Å². The summed E-state index contributed by atoms with van der Waals surface area (Å²) in [4.78, 5) is 24.7. The number of nitrogens with one attached hydrogen (secondary N) is 3. The standard InChI is InChI=1S/C19H23ClFN3O3/c20-14-4-3-13(6-15(14)21)27-8-16(25)24-19-9-18(10-19,11-19)17(26)23-12-2-1-5-22-7-12/h3-4,6,12,22H,1-2,5,7-11H2,(H,23,26)(H,24,25). The fourth-order valence-corrected chi connectivity index (χ4v) is 4.64. The predicted molar refractivity (Wildman–Crippen MR) is 98.1 cm³/mol. The Hall–Kier alpha value is -1.86. The topological polar surface area (TPSA) is 79.5 Å². The maximum atomic E-state index is 13.4. The van der Waals surface area contributed by atoms with Crippen molar-refractivity contribution in [1.82, 2.24) is 16.0 Å². The highest BCUT2D eigenvalue weighted by Crippen LogP contribution is 2.67. The third-order valence-corrected chi connectivity index (χ3v) is 6.12. The van der Waals surface area contributed by atoms with Crippen molar-refractivity contribution in [3.63, 3.8) is 0 Å². The van der Waals surface area contributed by atoms with Gasteiger partial charge in [0.25, 0.3) is 5.91 Å². The summed E-state index contributed by atoms with van der Waals surface area (Å²) in [5.74, 6) is -0.493. The van der Waals surface area contributed by atoms with Crippen molar-refractivity contribution >= 4 is 23.4 Å². The highest BCUT2D eigenvalue weighted by Gasteiger charge is 2.72. The first-order chi connectivity index (χ1) is 12.9. The lowest BCUT2D eigenvalue weighted by Gasteiger charge is -2.69. The van der Waals surface area contributed by atoms with Crippen molar-refractivity contribution in [3.8, 4) is 5.75 Å². The third kappa shape index (κ3) is 3.62. The second-order valence-corrected chi connectivity index (χ2v) is 8.43. The van der Waals surface area contributed by atoms with E-state index in [0.29, 0.717) is 19.3 Å². The minimum Gasteiger partial charge on any atom is -0.484 e. The third-order valence-electron chi connectivity index (χ3n) is 5.81. The van der Waals surface area contributed by atoms with Gasteiger partial charge in [0.05, 0.1) is 10.4 Å². The molecule has 3 N–H and O–H groups in total. The molecule has 4 aliphatic rings. The first-order valence-electron chi connectivity index (χ1n) is 9.30. The normalized spacial score (nSPS) is 31.3. The number of piperidine rings is 1. The fourth-order valence-electron chi connectivity index (χ4n) is 4.52. The van der Waals surface area contributed by atoms with E-state index in [0.717, 1.165) is 32.0 Å². The van der Waals surface area contributed by atoms with Crippen molar-refractivity contribution in [1.29, 1.82) is 0 Å². The lowest BCUT2D eigenvalue weighted by Crippen LogP contribution is -2.79. The summed E-state index contributed by atoms with van der Waals surface area (Å²) in [6.45, 7) is 1.64. The van der Waals surface area contributed by atoms with Crippen LogP contribution in [0.5, 0.6) is 5.75 Å². The van der Waals surface area contributed by atoms with Gasteiger partial charge in [-0.2, -0.15) is 0 Å². The van der Waals surface area contributed by atoms with E-state index in [4.69, 9.17) is 16.3 Å². The van der Waals surface area contributed by atoms with Gasteiger partial charge >= 0.3 is 0 Å². The van der Waals surface area contributed by atoms with Gasteiger partial charge in [0.1, 0.15) is 11.6 Å². The summed E-state index contributed by atoms with van der Waals surface area (Å²) in [5.41, 5.74) is -0.598. The summed E-state index contributed by atoms with van der Waals surface area (Å²) in [5, 5.41) is 9.40. The highest BCUT2D eigenvalue weighted by atomic mass is 35.5. The van der Waals surface area contributed by atoms with Crippen LogP contribution in [-0.2, 0) is 9.59 Å². The van der Waals surface area contributed by atoms with Crippen molar-refractivity contribution in [2.75, 3.05) is 19.7 Å². The zero-order valence-electron chi connectivity index (χ0n) is 14.9. The Bertz CT molecular complexity index is 747. The smallest absolute Gasteiger partial charge is 0.258 e. The molecule has 6 nitrogen and oxygen atoms in total. The molecule has 1 unspecified atom stereocenters. The van der Waals surface area contributed by atoms with Gasteiger partial charge in [0.2, 0.25) is 5.91 Å². The largest absolute Gasteiger partial charge is 0.484 e. The fraction of sp³-hybridized carbons (Fsp3) is 0.579. The molecule has 0 aromatic heterocycles. The van der Waals surface area contributed by atoms with Crippen LogP contribution in [-0.4, -0.2) is 43.1 Å². The Morgan fingerprint density at radius 1 is 1.33 bits per heavy atom. The minimum absolute atomic E-state index is 0.00764. The van der Waals surface area contributed by atoms with E-state index in [1.807, 2.05) is 0 Å². The molecule has 1 saturated heterocycles. The molecule has 27 heavy (non-hydrogen) atoms. The van der Waals surface area contributed by atoms with Crippen LogP contribution in [0.4, 0.5) is 4.39 Å². The van der Waals surface area contributed by atoms with Gasteiger partial charge in [-0.05, 0) is 50.8 Å². The van der Waals surface area contributed by atoms with Crippen LogP contribution < -0.4 is 20.7 Å². The molecule has 3 aliphatic carbocycles. The number of carbonyl (C=O) groups is 2. The summed E-state index contributed by atoms with van der Waals surface area (Å²) in [6, 6.07) is 4.25. The minimum atomic E-state index is -0.588. The average molecular weight is 396 g/mol. The monoisotopic (exact) mass is 395 g/mol. The molecule has 1 aliphatic heterocycles. The van der Waals surface area contributed by atoms with Gasteiger partial charge < -0.3 is 20.7 Å². The molecular weight excluding hydrogens is 373 g/mol. The van der Waals surface area contributed by atoms with E-state index < -0.39 is 5.82 Å². The summed E-state index contributed by atoms with van der Waals surface area (Å²) < 4.78 is 18.7. The number of rotatable bonds is 6. The molecular formula is C19H23ClFN3O3. The van der Waals surface area contributed by atoms with Gasteiger partial charge in [0.15, 0.2) is 6.61 Å². The van der Waals surface area contributed by atoms with E-state index in [-0.39, 0.29) is 46.2 Å². The molecule has 1 aromatic rings. The van der Waals surface area contributed by atoms with Crippen LogP contribution in [0.25, 0.3) is 0 Å². The second-order valence-electron chi connectivity index (χ2n) is 8.02. The van der Waals surface area contributed by atoms with Gasteiger partial charge in [-0.15, -0.1) is 0 Å². The average Bonchev–Trinajstić information content (AvgIpc) is 2.58. The Kier molecular flexibility index (Phi) is 4.76. The molecule has 2 bridgehead atoms. The molecule has 2 amide bonds. The van der Waals surface area contributed by atoms with E-state index >= 15 is 0 Å². The molecule has 1 heterocycles. The Morgan fingerprint density at radius 3 is 2.78 bits per heavy atom. The zero-order chi connectivity index (χ0) is 19.1. The quantitative estimate of drug-likeness (QED) is 0.685. The number of carbonyl (C=O) groups excluding carboxylic acids is 2. The van der Waals surface area contributed by atoms with Crippen LogP contribution in [0.3, 0.4) is 0 Å². The lowest BCUT2D eigenvalue weighted by molar-refractivity contribution is -0.184. The first kappa shape index (κ1) is 18.5. The lowest BCUT2D eigenvalue weighted by atomic mass is 9.39. The molecule has 3 saturated carbocycles. The second kappa shape index (κ2) is 6.95. The van der Waals surface area contributed by atoms with Crippen LogP contribution in [0.2, 0.25) is 5.02 Å². The molecule has 1 atom stereocenters. The highest BCUT2D eigenvalue weighted by molar-refractivity contribution is 6.30. The van der Waals surface area contributed by atoms with Crippen molar-refractivity contribution in [2.24, 2.45) is 5.41 Å². The number of ether oxygens (including phenoxy) is 1. The number of amides is 2. The van der Waals surface area contributed by atoms with E-state index in [1.54, 1.807) is 0 Å². The first-order valence-corrected chi connectivity index (χ1v) is 9.68. The van der Waals surface area contributed by atoms with Crippen molar-refractivity contribution in [2.45, 2.75) is 43.7 Å². The molecule has 8 heteroatoms. The molecule has 0 radical (unpaired) electrons. The Morgan fingerprint density at radius 2 is 2.11 bits per heavy atom. The summed E-state index contributed by atoms with van der Waals surface area (Å²) in [6.07, 6.45) is 4.11. The summed E-state index contributed by atoms with van der Waals surface area (Å²) in [7, 11) is 0. The summed E-state index contributed by atoms with van der Waals surface area (Å²) >= 11 is 5.62. The van der Waals surface area contributed by atoms with Gasteiger partial charge in [-0.3, -0.25) is 9.59 Å². The molecule has 4 fully saturated rings. The molecule has 5 rings (SSSR count). The predicted octanol–water partition coefficient (Wildman–Crippen LogP) is 1.76. The Labute approximate surface area is 162 Å². The van der Waals surface area contributed by atoms with E-state index in [9.17, 15) is 14.0 Å². The van der Waals surface area contributed by atoms with Crippen LogP contribution in [0, 0.1) is 11.2 Å². The molecule has 1 aromatic carbocycles. The number of hydrogen-bond donors (Lipinski definition) is 3. The van der Waals surface area contributed by atoms with Gasteiger partial charge in [0, 0.05) is 24.2 Å². The van der Waals surface area contributed by atoms with E-state index in [2.05, 4.69) is 16.0 Å². The van der Waals surface area contributed by atoms with Gasteiger partial charge in [-0.25, -0.2) is 4.39 Å².